The van der Waals surface area contributed by atoms with Crippen molar-refractivity contribution in [2.75, 3.05) is 0 Å². The molecule has 1 aromatic heterocycles. The summed E-state index contributed by atoms with van der Waals surface area (Å²) in [5.41, 5.74) is 1.64. The lowest BCUT2D eigenvalue weighted by Gasteiger charge is -2.29. The van der Waals surface area contributed by atoms with Crippen molar-refractivity contribution < 1.29 is 4.79 Å². The van der Waals surface area contributed by atoms with Gasteiger partial charge in [-0.3, -0.25) is 4.79 Å². The molecular weight excluding hydrogens is 316 g/mol. The van der Waals surface area contributed by atoms with E-state index in [0.717, 1.165) is 21.8 Å². The topological polar surface area (TPSA) is 44.9 Å². The zero-order chi connectivity index (χ0) is 14.1. The summed E-state index contributed by atoms with van der Waals surface area (Å²) in [6.45, 7) is 2.23. The number of aromatic amines is 1. The monoisotopic (exact) mass is 334 g/mol. The van der Waals surface area contributed by atoms with Crippen LogP contribution in [0.15, 0.2) is 28.7 Å². The van der Waals surface area contributed by atoms with E-state index in [0.29, 0.717) is 17.7 Å². The third kappa shape index (κ3) is 2.75. The molecule has 2 unspecified atom stereocenters. The van der Waals surface area contributed by atoms with Gasteiger partial charge in [0.1, 0.15) is 5.69 Å². The van der Waals surface area contributed by atoms with Gasteiger partial charge in [-0.25, -0.2) is 0 Å². The molecule has 1 aromatic carbocycles. The number of aromatic nitrogens is 1. The van der Waals surface area contributed by atoms with Crippen molar-refractivity contribution in [3.8, 4) is 0 Å². The first kappa shape index (κ1) is 13.7. The minimum Gasteiger partial charge on any atom is -0.350 e. The van der Waals surface area contributed by atoms with Crippen LogP contribution in [-0.2, 0) is 0 Å². The van der Waals surface area contributed by atoms with Gasteiger partial charge in [0.15, 0.2) is 0 Å². The quantitative estimate of drug-likeness (QED) is 0.847. The highest BCUT2D eigenvalue weighted by molar-refractivity contribution is 9.10. The summed E-state index contributed by atoms with van der Waals surface area (Å²) in [4.78, 5) is 15.6. The van der Waals surface area contributed by atoms with E-state index in [1.807, 2.05) is 24.3 Å². The van der Waals surface area contributed by atoms with Gasteiger partial charge < -0.3 is 10.3 Å². The zero-order valence-electron chi connectivity index (χ0n) is 11.6. The average Bonchev–Trinajstić information content (AvgIpc) is 2.84. The summed E-state index contributed by atoms with van der Waals surface area (Å²) in [6, 6.07) is 8.23. The first-order valence-electron chi connectivity index (χ1n) is 7.22. The van der Waals surface area contributed by atoms with Gasteiger partial charge in [0.25, 0.3) is 5.91 Å². The molecule has 0 saturated heterocycles. The van der Waals surface area contributed by atoms with Crippen LogP contribution in [-0.4, -0.2) is 16.9 Å². The Balaban J connectivity index is 1.78. The van der Waals surface area contributed by atoms with E-state index in [1.165, 1.54) is 19.3 Å². The van der Waals surface area contributed by atoms with Crippen LogP contribution in [0.2, 0.25) is 0 Å². The SMILES string of the molecule is CC1CCCCC1NC(=O)c1cc2ccc(Br)cc2[nH]1. The molecule has 106 valence electrons. The second kappa shape index (κ2) is 5.60. The highest BCUT2D eigenvalue weighted by Gasteiger charge is 2.23. The molecular formula is C16H19BrN2O. The van der Waals surface area contributed by atoms with E-state index in [4.69, 9.17) is 0 Å². The molecule has 2 N–H and O–H groups in total. The van der Waals surface area contributed by atoms with E-state index in [-0.39, 0.29) is 5.91 Å². The van der Waals surface area contributed by atoms with Crippen LogP contribution in [0.4, 0.5) is 0 Å². The maximum absolute atomic E-state index is 12.4. The lowest BCUT2D eigenvalue weighted by atomic mass is 9.86. The van der Waals surface area contributed by atoms with Crippen molar-refractivity contribution in [2.24, 2.45) is 5.92 Å². The van der Waals surface area contributed by atoms with Gasteiger partial charge in [-0.05, 0) is 37.0 Å². The number of halogens is 1. The molecule has 0 bridgehead atoms. The molecule has 0 spiro atoms. The molecule has 4 heteroatoms. The Morgan fingerprint density at radius 3 is 2.90 bits per heavy atom. The van der Waals surface area contributed by atoms with Gasteiger partial charge in [-0.1, -0.05) is 41.8 Å². The Hall–Kier alpha value is -1.29. The number of carbonyl (C=O) groups excluding carboxylic acids is 1. The highest BCUT2D eigenvalue weighted by Crippen LogP contribution is 2.25. The first-order valence-corrected chi connectivity index (χ1v) is 8.02. The van der Waals surface area contributed by atoms with E-state index >= 15 is 0 Å². The van der Waals surface area contributed by atoms with E-state index in [2.05, 4.69) is 33.2 Å². The van der Waals surface area contributed by atoms with Crippen LogP contribution in [0, 0.1) is 5.92 Å². The van der Waals surface area contributed by atoms with Gasteiger partial charge >= 0.3 is 0 Å². The molecule has 1 aliphatic rings. The van der Waals surface area contributed by atoms with Crippen LogP contribution in [0.1, 0.15) is 43.1 Å². The van der Waals surface area contributed by atoms with Gasteiger partial charge in [-0.15, -0.1) is 0 Å². The Bertz CT molecular complexity index is 634. The largest absolute Gasteiger partial charge is 0.350 e. The summed E-state index contributed by atoms with van der Waals surface area (Å²) in [5.74, 6) is 0.585. The fourth-order valence-corrected chi connectivity index (χ4v) is 3.36. The summed E-state index contributed by atoms with van der Waals surface area (Å²) >= 11 is 3.45. The Morgan fingerprint density at radius 2 is 2.10 bits per heavy atom. The molecule has 1 fully saturated rings. The molecule has 3 rings (SSSR count). The minimum atomic E-state index is 0.0103. The van der Waals surface area contributed by atoms with Crippen LogP contribution in [0.25, 0.3) is 10.9 Å². The van der Waals surface area contributed by atoms with E-state index < -0.39 is 0 Å². The van der Waals surface area contributed by atoms with E-state index in [1.54, 1.807) is 0 Å². The van der Waals surface area contributed by atoms with Gasteiger partial charge in [-0.2, -0.15) is 0 Å². The molecule has 1 aliphatic carbocycles. The third-order valence-corrected chi connectivity index (χ3v) is 4.75. The first-order chi connectivity index (χ1) is 9.63. The second-order valence-corrected chi connectivity index (χ2v) is 6.67. The number of fused-ring (bicyclic) bond motifs is 1. The van der Waals surface area contributed by atoms with Crippen LogP contribution >= 0.6 is 15.9 Å². The van der Waals surface area contributed by atoms with Crippen molar-refractivity contribution in [3.05, 3.63) is 34.4 Å². The molecule has 1 amide bonds. The molecule has 2 aromatic rings. The normalized spacial score (nSPS) is 22.9. The zero-order valence-corrected chi connectivity index (χ0v) is 13.2. The summed E-state index contributed by atoms with van der Waals surface area (Å²) < 4.78 is 1.01. The number of amides is 1. The Kier molecular flexibility index (Phi) is 3.83. The Morgan fingerprint density at radius 1 is 1.30 bits per heavy atom. The number of benzene rings is 1. The summed E-state index contributed by atoms with van der Waals surface area (Å²) in [7, 11) is 0. The maximum atomic E-state index is 12.4. The lowest BCUT2D eigenvalue weighted by molar-refractivity contribution is 0.0906. The summed E-state index contributed by atoms with van der Waals surface area (Å²) in [6.07, 6.45) is 4.81. The molecule has 1 saturated carbocycles. The highest BCUT2D eigenvalue weighted by atomic mass is 79.9. The van der Waals surface area contributed by atoms with Gasteiger partial charge in [0.2, 0.25) is 0 Å². The van der Waals surface area contributed by atoms with Crippen LogP contribution < -0.4 is 5.32 Å². The number of nitrogens with one attached hydrogen (secondary N) is 2. The van der Waals surface area contributed by atoms with Crippen molar-refractivity contribution >= 4 is 32.7 Å². The van der Waals surface area contributed by atoms with Crippen molar-refractivity contribution in [1.29, 1.82) is 0 Å². The van der Waals surface area contributed by atoms with Crippen LogP contribution in [0.3, 0.4) is 0 Å². The van der Waals surface area contributed by atoms with Gasteiger partial charge in [0, 0.05) is 21.4 Å². The number of carbonyl (C=O) groups is 1. The molecule has 20 heavy (non-hydrogen) atoms. The second-order valence-electron chi connectivity index (χ2n) is 5.76. The Labute approximate surface area is 127 Å². The number of H-pyrrole nitrogens is 1. The van der Waals surface area contributed by atoms with Gasteiger partial charge in [0.05, 0.1) is 0 Å². The van der Waals surface area contributed by atoms with Crippen LogP contribution in [0.5, 0.6) is 0 Å². The predicted octanol–water partition coefficient (Wildman–Crippen LogP) is 4.24. The standard InChI is InChI=1S/C16H19BrN2O/c1-10-4-2-3-5-13(10)19-16(20)15-8-11-6-7-12(17)9-14(11)18-15/h6-10,13,18H,2-5H2,1H3,(H,19,20). The molecule has 2 atom stereocenters. The van der Waals surface area contributed by atoms with Crippen molar-refractivity contribution in [3.63, 3.8) is 0 Å². The third-order valence-electron chi connectivity index (χ3n) is 4.26. The lowest BCUT2D eigenvalue weighted by Crippen LogP contribution is -2.41. The minimum absolute atomic E-state index is 0.0103. The number of hydrogen-bond acceptors (Lipinski definition) is 1. The molecule has 0 aliphatic heterocycles. The maximum Gasteiger partial charge on any atom is 0.267 e. The average molecular weight is 335 g/mol. The molecule has 3 nitrogen and oxygen atoms in total. The number of rotatable bonds is 2. The fraction of sp³-hybridized carbons (Fsp3) is 0.438. The number of hydrogen-bond donors (Lipinski definition) is 2. The van der Waals surface area contributed by atoms with E-state index in [9.17, 15) is 4.79 Å². The summed E-state index contributed by atoms with van der Waals surface area (Å²) in [5, 5.41) is 4.24. The molecule has 0 radical (unpaired) electrons. The van der Waals surface area contributed by atoms with Crippen molar-refractivity contribution in [1.82, 2.24) is 10.3 Å². The van der Waals surface area contributed by atoms with Crippen molar-refractivity contribution in [2.45, 2.75) is 38.6 Å². The molecule has 1 heterocycles. The predicted molar refractivity (Wildman–Crippen MR) is 84.9 cm³/mol. The smallest absolute Gasteiger partial charge is 0.267 e. The fourth-order valence-electron chi connectivity index (χ4n) is 3.00.